The first-order chi connectivity index (χ1) is 11.6. The highest BCUT2D eigenvalue weighted by atomic mass is 19.1. The molecule has 4 rings (SSSR count). The molecule has 0 amide bonds. The number of carboxylic acids is 1. The number of allylic oxidation sites excluding steroid dienone is 2. The number of hydrogen-bond donors (Lipinski definition) is 2. The molecule has 0 unspecified atom stereocenters. The maximum atomic E-state index is 13.3. The molecule has 122 valence electrons. The van der Waals surface area contributed by atoms with Crippen molar-refractivity contribution in [1.29, 1.82) is 0 Å². The van der Waals surface area contributed by atoms with Crippen molar-refractivity contribution in [2.45, 2.75) is 25.3 Å². The normalized spacial score (nSPS) is 24.2. The first kappa shape index (κ1) is 14.9. The summed E-state index contributed by atoms with van der Waals surface area (Å²) in [4.78, 5) is 11.4. The van der Waals surface area contributed by atoms with Crippen LogP contribution in [0.2, 0.25) is 0 Å². The van der Waals surface area contributed by atoms with E-state index in [0.29, 0.717) is 11.5 Å². The Hall–Kier alpha value is -2.62. The van der Waals surface area contributed by atoms with Crippen LogP contribution in [0, 0.1) is 18.7 Å². The molecule has 4 heteroatoms. The number of anilines is 1. The van der Waals surface area contributed by atoms with E-state index in [4.69, 9.17) is 0 Å². The van der Waals surface area contributed by atoms with Crippen molar-refractivity contribution in [3.8, 4) is 0 Å². The van der Waals surface area contributed by atoms with E-state index in [1.807, 2.05) is 25.1 Å². The Morgan fingerprint density at radius 2 is 1.96 bits per heavy atom. The number of carbonyl (C=O) groups is 1. The Balaban J connectivity index is 1.83. The molecule has 1 aliphatic carbocycles. The number of carboxylic acid groups (broad SMARTS) is 1. The number of fused-ring (bicyclic) bond motifs is 3. The van der Waals surface area contributed by atoms with Crippen molar-refractivity contribution >= 4 is 11.7 Å². The number of hydrogen-bond acceptors (Lipinski definition) is 2. The summed E-state index contributed by atoms with van der Waals surface area (Å²) < 4.78 is 13.3. The van der Waals surface area contributed by atoms with Crippen LogP contribution in [0.3, 0.4) is 0 Å². The number of aromatic carboxylic acids is 1. The third-order valence-corrected chi connectivity index (χ3v) is 5.26. The fourth-order valence-electron chi connectivity index (χ4n) is 4.05. The van der Waals surface area contributed by atoms with Crippen molar-refractivity contribution in [2.75, 3.05) is 5.32 Å². The molecule has 2 aromatic rings. The quantitative estimate of drug-likeness (QED) is 0.790. The van der Waals surface area contributed by atoms with E-state index in [1.54, 1.807) is 6.07 Å². The van der Waals surface area contributed by atoms with Crippen LogP contribution in [-0.2, 0) is 0 Å². The predicted molar refractivity (Wildman–Crippen MR) is 90.9 cm³/mol. The number of rotatable bonds is 2. The smallest absolute Gasteiger partial charge is 0.336 e. The average molecular weight is 323 g/mol. The van der Waals surface area contributed by atoms with Gasteiger partial charge in [-0.05, 0) is 54.2 Å². The highest BCUT2D eigenvalue weighted by Crippen LogP contribution is 2.50. The lowest BCUT2D eigenvalue weighted by Gasteiger charge is -2.38. The van der Waals surface area contributed by atoms with E-state index in [-0.39, 0.29) is 17.8 Å². The van der Waals surface area contributed by atoms with Crippen molar-refractivity contribution in [2.24, 2.45) is 5.92 Å². The van der Waals surface area contributed by atoms with Crippen molar-refractivity contribution in [1.82, 2.24) is 0 Å². The molecule has 24 heavy (non-hydrogen) atoms. The summed E-state index contributed by atoms with van der Waals surface area (Å²) in [5.74, 6) is -0.546. The number of halogens is 1. The van der Waals surface area contributed by atoms with Crippen molar-refractivity contribution < 1.29 is 14.3 Å². The maximum absolute atomic E-state index is 13.3. The standard InChI is InChI=1S/C20H18FNO2/c1-11-14(20(23)24)9-10-17-15-3-2-4-16(15)19(22-18(11)17)12-5-7-13(21)8-6-12/h2-3,5-10,15-16,19,22H,4H2,1H3,(H,23,24)/t15-,16+,19+/m0/s1. The highest BCUT2D eigenvalue weighted by Gasteiger charge is 2.38. The van der Waals surface area contributed by atoms with Gasteiger partial charge < -0.3 is 10.4 Å². The van der Waals surface area contributed by atoms with Gasteiger partial charge in [0, 0.05) is 11.6 Å². The lowest BCUT2D eigenvalue weighted by Crippen LogP contribution is -2.30. The minimum atomic E-state index is -0.917. The molecular formula is C20H18FNO2. The summed E-state index contributed by atoms with van der Waals surface area (Å²) in [6, 6.07) is 10.2. The lowest BCUT2D eigenvalue weighted by atomic mass is 9.76. The number of benzene rings is 2. The van der Waals surface area contributed by atoms with Gasteiger partial charge in [0.25, 0.3) is 0 Å². The zero-order valence-electron chi connectivity index (χ0n) is 13.3. The molecule has 0 radical (unpaired) electrons. The Labute approximate surface area is 139 Å². The van der Waals surface area contributed by atoms with Gasteiger partial charge in [0.05, 0.1) is 11.6 Å². The summed E-state index contributed by atoms with van der Waals surface area (Å²) in [6.07, 6.45) is 5.35. The largest absolute Gasteiger partial charge is 0.478 e. The first-order valence-corrected chi connectivity index (χ1v) is 8.11. The molecule has 0 saturated heterocycles. The summed E-state index contributed by atoms with van der Waals surface area (Å²) in [5, 5.41) is 12.9. The average Bonchev–Trinajstić information content (AvgIpc) is 3.05. The second-order valence-corrected chi connectivity index (χ2v) is 6.53. The van der Waals surface area contributed by atoms with E-state index in [9.17, 15) is 14.3 Å². The Morgan fingerprint density at radius 3 is 2.67 bits per heavy atom. The molecule has 0 spiro atoms. The van der Waals surface area contributed by atoms with Crippen LogP contribution in [0.25, 0.3) is 0 Å². The summed E-state index contributed by atoms with van der Waals surface area (Å²) in [6.45, 7) is 1.84. The van der Waals surface area contributed by atoms with Gasteiger partial charge in [0.15, 0.2) is 0 Å². The minimum Gasteiger partial charge on any atom is -0.478 e. The van der Waals surface area contributed by atoms with Gasteiger partial charge in [-0.1, -0.05) is 30.4 Å². The van der Waals surface area contributed by atoms with Crippen molar-refractivity contribution in [3.63, 3.8) is 0 Å². The van der Waals surface area contributed by atoms with Gasteiger partial charge in [-0.2, -0.15) is 0 Å². The second kappa shape index (κ2) is 5.48. The summed E-state index contributed by atoms with van der Waals surface area (Å²) >= 11 is 0. The van der Waals surface area contributed by atoms with Crippen LogP contribution in [0.5, 0.6) is 0 Å². The number of nitrogens with one attached hydrogen (secondary N) is 1. The monoisotopic (exact) mass is 323 g/mol. The molecule has 2 aromatic carbocycles. The zero-order chi connectivity index (χ0) is 16.8. The van der Waals surface area contributed by atoms with Gasteiger partial charge in [-0.25, -0.2) is 9.18 Å². The molecule has 3 nitrogen and oxygen atoms in total. The molecule has 1 aliphatic heterocycles. The molecule has 0 saturated carbocycles. The Kier molecular flexibility index (Phi) is 3.41. The second-order valence-electron chi connectivity index (χ2n) is 6.53. The van der Waals surface area contributed by atoms with Gasteiger partial charge in [0.2, 0.25) is 0 Å². The topological polar surface area (TPSA) is 49.3 Å². The Bertz CT molecular complexity index is 841. The maximum Gasteiger partial charge on any atom is 0.336 e. The van der Waals surface area contributed by atoms with E-state index < -0.39 is 5.97 Å². The van der Waals surface area contributed by atoms with Crippen LogP contribution in [0.15, 0.2) is 48.6 Å². The third-order valence-electron chi connectivity index (χ3n) is 5.26. The van der Waals surface area contributed by atoms with Crippen LogP contribution in [-0.4, -0.2) is 11.1 Å². The minimum absolute atomic E-state index is 0.0424. The van der Waals surface area contributed by atoms with Crippen LogP contribution in [0.4, 0.5) is 10.1 Å². The van der Waals surface area contributed by atoms with Gasteiger partial charge in [-0.3, -0.25) is 0 Å². The fourth-order valence-corrected chi connectivity index (χ4v) is 4.05. The molecule has 0 fully saturated rings. The fraction of sp³-hybridized carbons (Fsp3) is 0.250. The predicted octanol–water partition coefficient (Wildman–Crippen LogP) is 4.66. The van der Waals surface area contributed by atoms with E-state index in [0.717, 1.165) is 28.8 Å². The molecule has 3 atom stereocenters. The van der Waals surface area contributed by atoms with Gasteiger partial charge in [0.1, 0.15) is 5.82 Å². The zero-order valence-corrected chi connectivity index (χ0v) is 13.3. The van der Waals surface area contributed by atoms with E-state index >= 15 is 0 Å². The molecular weight excluding hydrogens is 305 g/mol. The first-order valence-electron chi connectivity index (χ1n) is 8.11. The highest BCUT2D eigenvalue weighted by molar-refractivity contribution is 5.92. The molecule has 1 heterocycles. The molecule has 2 aliphatic rings. The van der Waals surface area contributed by atoms with E-state index in [1.165, 1.54) is 12.1 Å². The SMILES string of the molecule is Cc1c(C(=O)O)ccc2c1N[C@H](c1ccc(F)cc1)[C@@H]1CC=C[C@H]21. The molecule has 2 N–H and O–H groups in total. The van der Waals surface area contributed by atoms with E-state index in [2.05, 4.69) is 17.5 Å². The van der Waals surface area contributed by atoms with Crippen LogP contribution in [0.1, 0.15) is 45.4 Å². The van der Waals surface area contributed by atoms with Crippen LogP contribution < -0.4 is 5.32 Å². The van der Waals surface area contributed by atoms with Gasteiger partial charge in [-0.15, -0.1) is 0 Å². The summed E-state index contributed by atoms with van der Waals surface area (Å²) in [7, 11) is 0. The third kappa shape index (κ3) is 2.21. The molecule has 0 bridgehead atoms. The summed E-state index contributed by atoms with van der Waals surface area (Å²) in [5.41, 5.74) is 4.15. The molecule has 0 aromatic heterocycles. The lowest BCUT2D eigenvalue weighted by molar-refractivity contribution is 0.0696. The van der Waals surface area contributed by atoms with Gasteiger partial charge >= 0.3 is 5.97 Å². The van der Waals surface area contributed by atoms with Crippen molar-refractivity contribution in [3.05, 3.63) is 76.6 Å². The van der Waals surface area contributed by atoms with Crippen LogP contribution >= 0.6 is 0 Å². The Morgan fingerprint density at radius 1 is 1.21 bits per heavy atom.